The molecule has 5 nitrogen and oxygen atoms in total. The molecule has 0 fully saturated rings. The summed E-state index contributed by atoms with van der Waals surface area (Å²) in [6.45, 7) is 0.950. The second-order valence-corrected chi connectivity index (χ2v) is 4.44. The van der Waals surface area contributed by atoms with Gasteiger partial charge in [-0.3, -0.25) is 5.10 Å². The van der Waals surface area contributed by atoms with Gasteiger partial charge in [0.05, 0.1) is 19.3 Å². The zero-order valence-electron chi connectivity index (χ0n) is 10.2. The summed E-state index contributed by atoms with van der Waals surface area (Å²) in [6, 6.07) is 9.69. The van der Waals surface area contributed by atoms with Crippen LogP contribution in [0.2, 0.25) is 0 Å². The van der Waals surface area contributed by atoms with Crippen LogP contribution in [0.5, 0.6) is 0 Å². The number of nitrogens with zero attached hydrogens (tertiary/aromatic N) is 2. The molecule has 1 aromatic carbocycles. The van der Waals surface area contributed by atoms with Crippen molar-refractivity contribution in [1.29, 1.82) is 0 Å². The van der Waals surface area contributed by atoms with Gasteiger partial charge in [0.2, 0.25) is 0 Å². The van der Waals surface area contributed by atoms with Crippen molar-refractivity contribution in [2.24, 2.45) is 12.8 Å². The van der Waals surface area contributed by atoms with Crippen molar-refractivity contribution in [3.05, 3.63) is 46.5 Å². The molecule has 0 spiro atoms. The molecule has 0 saturated heterocycles. The highest BCUT2D eigenvalue weighted by Gasteiger charge is 2.12. The van der Waals surface area contributed by atoms with Crippen LogP contribution in [0.3, 0.4) is 0 Å². The van der Waals surface area contributed by atoms with Crippen molar-refractivity contribution in [2.45, 2.75) is 12.6 Å². The van der Waals surface area contributed by atoms with E-state index in [0.717, 1.165) is 5.56 Å². The summed E-state index contributed by atoms with van der Waals surface area (Å²) in [5.74, 6) is 0.702. The molecule has 1 heterocycles. The van der Waals surface area contributed by atoms with E-state index in [1.54, 1.807) is 4.57 Å². The van der Waals surface area contributed by atoms with E-state index in [1.165, 1.54) is 0 Å². The molecule has 2 rings (SSSR count). The first-order valence-corrected chi connectivity index (χ1v) is 6.08. The molecule has 0 aliphatic rings. The lowest BCUT2D eigenvalue weighted by Gasteiger charge is -2.11. The van der Waals surface area contributed by atoms with E-state index in [4.69, 9.17) is 22.7 Å². The number of ether oxygens (including phenoxy) is 1. The van der Waals surface area contributed by atoms with E-state index in [9.17, 15) is 0 Å². The minimum Gasteiger partial charge on any atom is -0.375 e. The van der Waals surface area contributed by atoms with E-state index in [0.29, 0.717) is 23.8 Å². The van der Waals surface area contributed by atoms with E-state index in [1.807, 2.05) is 37.4 Å². The quantitative estimate of drug-likeness (QED) is 0.806. The first kappa shape index (κ1) is 12.9. The SMILES string of the molecule is Cn1c(C(N)COCc2ccccc2)n[nH]c1=S. The lowest BCUT2D eigenvalue weighted by molar-refractivity contribution is 0.105. The fourth-order valence-electron chi connectivity index (χ4n) is 1.64. The fraction of sp³-hybridized carbons (Fsp3) is 0.333. The topological polar surface area (TPSA) is 68.9 Å². The standard InChI is InChI=1S/C12H16N4OS/c1-16-11(14-15-12(16)18)10(13)8-17-7-9-5-3-2-4-6-9/h2-6,10H,7-8,13H2,1H3,(H,15,18). The molecular formula is C12H16N4OS. The Morgan fingerprint density at radius 1 is 1.44 bits per heavy atom. The summed E-state index contributed by atoms with van der Waals surface area (Å²) in [6.07, 6.45) is 0. The van der Waals surface area contributed by atoms with Crippen LogP contribution in [0.4, 0.5) is 0 Å². The van der Waals surface area contributed by atoms with Crippen LogP contribution in [0, 0.1) is 4.77 Å². The third-order valence-corrected chi connectivity index (χ3v) is 3.02. The summed E-state index contributed by atoms with van der Waals surface area (Å²) >= 11 is 5.03. The number of hydrogen-bond donors (Lipinski definition) is 2. The Morgan fingerprint density at radius 2 is 2.17 bits per heavy atom. The summed E-state index contributed by atoms with van der Waals surface area (Å²) in [4.78, 5) is 0. The lowest BCUT2D eigenvalue weighted by atomic mass is 10.2. The molecule has 0 aliphatic carbocycles. The normalized spacial score (nSPS) is 12.6. The van der Waals surface area contributed by atoms with Crippen LogP contribution in [0.25, 0.3) is 0 Å². The molecular weight excluding hydrogens is 248 g/mol. The largest absolute Gasteiger partial charge is 0.375 e. The molecule has 18 heavy (non-hydrogen) atoms. The third kappa shape index (κ3) is 3.04. The van der Waals surface area contributed by atoms with Crippen LogP contribution in [-0.2, 0) is 18.4 Å². The summed E-state index contributed by atoms with van der Waals surface area (Å²) in [7, 11) is 1.83. The van der Waals surface area contributed by atoms with Crippen molar-refractivity contribution in [3.63, 3.8) is 0 Å². The van der Waals surface area contributed by atoms with Crippen molar-refractivity contribution in [1.82, 2.24) is 14.8 Å². The number of benzene rings is 1. The van der Waals surface area contributed by atoms with Gasteiger partial charge in [-0.25, -0.2) is 0 Å². The van der Waals surface area contributed by atoms with Crippen LogP contribution < -0.4 is 5.73 Å². The zero-order chi connectivity index (χ0) is 13.0. The van der Waals surface area contributed by atoms with E-state index >= 15 is 0 Å². The first-order valence-electron chi connectivity index (χ1n) is 5.67. The minimum atomic E-state index is -0.285. The predicted molar refractivity (Wildman–Crippen MR) is 71.4 cm³/mol. The molecule has 0 aliphatic heterocycles. The average Bonchev–Trinajstić information content (AvgIpc) is 2.71. The monoisotopic (exact) mass is 264 g/mol. The first-order chi connectivity index (χ1) is 8.68. The third-order valence-electron chi connectivity index (χ3n) is 2.65. The van der Waals surface area contributed by atoms with Crippen molar-refractivity contribution < 1.29 is 4.74 Å². The highest BCUT2D eigenvalue weighted by molar-refractivity contribution is 7.71. The Balaban J connectivity index is 1.87. The minimum absolute atomic E-state index is 0.285. The van der Waals surface area contributed by atoms with Gasteiger partial charge in [-0.1, -0.05) is 30.3 Å². The molecule has 1 unspecified atom stereocenters. The molecule has 96 valence electrons. The Kier molecular flexibility index (Phi) is 4.24. The van der Waals surface area contributed by atoms with E-state index in [2.05, 4.69) is 10.2 Å². The Labute approximate surface area is 111 Å². The number of H-pyrrole nitrogens is 1. The van der Waals surface area contributed by atoms with Gasteiger partial charge in [0.15, 0.2) is 10.6 Å². The molecule has 0 amide bonds. The van der Waals surface area contributed by atoms with Crippen molar-refractivity contribution in [3.8, 4) is 0 Å². The van der Waals surface area contributed by atoms with Gasteiger partial charge in [0, 0.05) is 7.05 Å². The maximum atomic E-state index is 6.00. The number of rotatable bonds is 5. The van der Waals surface area contributed by atoms with Gasteiger partial charge < -0.3 is 15.0 Å². The second-order valence-electron chi connectivity index (χ2n) is 4.05. The van der Waals surface area contributed by atoms with Gasteiger partial charge in [-0.15, -0.1) is 0 Å². The predicted octanol–water partition coefficient (Wildman–Crippen LogP) is 1.69. The average molecular weight is 264 g/mol. The van der Waals surface area contributed by atoms with Crippen LogP contribution >= 0.6 is 12.2 Å². The van der Waals surface area contributed by atoms with Gasteiger partial charge in [-0.2, -0.15) is 5.10 Å². The molecule has 2 aromatic rings. The number of nitrogens with two attached hydrogens (primary N) is 1. The molecule has 1 atom stereocenters. The molecule has 6 heteroatoms. The maximum Gasteiger partial charge on any atom is 0.194 e. The van der Waals surface area contributed by atoms with Crippen molar-refractivity contribution in [2.75, 3.05) is 6.61 Å². The van der Waals surface area contributed by atoms with Crippen LogP contribution in [0.15, 0.2) is 30.3 Å². The number of hydrogen-bond acceptors (Lipinski definition) is 4. The summed E-state index contributed by atoms with van der Waals surface area (Å²) in [5, 5.41) is 6.79. The fourth-order valence-corrected chi connectivity index (χ4v) is 1.78. The molecule has 3 N–H and O–H groups in total. The zero-order valence-corrected chi connectivity index (χ0v) is 11.0. The number of aromatic nitrogens is 3. The molecule has 0 radical (unpaired) electrons. The summed E-state index contributed by atoms with van der Waals surface area (Å²) in [5.41, 5.74) is 7.12. The summed E-state index contributed by atoms with van der Waals surface area (Å²) < 4.78 is 7.89. The highest BCUT2D eigenvalue weighted by atomic mass is 32.1. The van der Waals surface area contributed by atoms with Gasteiger partial charge >= 0.3 is 0 Å². The van der Waals surface area contributed by atoms with Crippen molar-refractivity contribution >= 4 is 12.2 Å². The van der Waals surface area contributed by atoms with Crippen LogP contribution in [-0.4, -0.2) is 21.4 Å². The van der Waals surface area contributed by atoms with Gasteiger partial charge in [0.1, 0.15) is 0 Å². The van der Waals surface area contributed by atoms with E-state index in [-0.39, 0.29) is 6.04 Å². The number of nitrogens with one attached hydrogen (secondary N) is 1. The van der Waals surface area contributed by atoms with Gasteiger partial charge in [0.25, 0.3) is 0 Å². The highest BCUT2D eigenvalue weighted by Crippen LogP contribution is 2.08. The second kappa shape index (κ2) is 5.90. The van der Waals surface area contributed by atoms with Crippen LogP contribution in [0.1, 0.15) is 17.4 Å². The lowest BCUT2D eigenvalue weighted by Crippen LogP contribution is -2.21. The van der Waals surface area contributed by atoms with E-state index < -0.39 is 0 Å². The Hall–Kier alpha value is -1.50. The Bertz CT molecular complexity index is 549. The maximum absolute atomic E-state index is 6.00. The van der Waals surface area contributed by atoms with Gasteiger partial charge in [-0.05, 0) is 17.8 Å². The molecule has 0 bridgehead atoms. The molecule has 0 saturated carbocycles. The molecule has 1 aromatic heterocycles. The number of aromatic amines is 1. The smallest absolute Gasteiger partial charge is 0.194 e. The Morgan fingerprint density at radius 3 is 2.78 bits per heavy atom.